The van der Waals surface area contributed by atoms with E-state index in [1.807, 2.05) is 0 Å². The lowest BCUT2D eigenvalue weighted by Gasteiger charge is -1.95. The van der Waals surface area contributed by atoms with Crippen LogP contribution in [-0.4, -0.2) is 24.3 Å². The van der Waals surface area contributed by atoms with Crippen molar-refractivity contribution in [2.45, 2.75) is 13.3 Å². The molecule has 10 heavy (non-hydrogen) atoms. The lowest BCUT2D eigenvalue weighted by molar-refractivity contribution is -0.140. The van der Waals surface area contributed by atoms with Crippen LogP contribution in [0.15, 0.2) is 12.2 Å². The summed E-state index contributed by atoms with van der Waals surface area (Å²) in [5.41, 5.74) is 0. The molecular weight excluding hydrogens is 132 g/mol. The summed E-state index contributed by atoms with van der Waals surface area (Å²) >= 11 is 0. The summed E-state index contributed by atoms with van der Waals surface area (Å²) in [4.78, 5) is 10.2. The Bertz CT molecular complexity index is 118. The molecule has 0 aromatic heterocycles. The predicted octanol–water partition coefficient (Wildman–Crippen LogP) is 0.488. The second-order valence-corrected chi connectivity index (χ2v) is 1.78. The standard InChI is InChI=1S/C7H12O3/c1-7(9)10-6-4-2-3-5-8/h2-3,8H,4-6H2,1H3/b3-2+. The highest BCUT2D eigenvalue weighted by atomic mass is 16.5. The molecule has 0 amide bonds. The fourth-order valence-corrected chi connectivity index (χ4v) is 0.463. The van der Waals surface area contributed by atoms with Gasteiger partial charge in [0.25, 0.3) is 0 Å². The summed E-state index contributed by atoms with van der Waals surface area (Å²) in [7, 11) is 0. The van der Waals surface area contributed by atoms with Gasteiger partial charge in [-0.15, -0.1) is 0 Å². The number of rotatable bonds is 4. The van der Waals surface area contributed by atoms with E-state index >= 15 is 0 Å². The van der Waals surface area contributed by atoms with Crippen LogP contribution in [0.1, 0.15) is 13.3 Å². The topological polar surface area (TPSA) is 46.5 Å². The van der Waals surface area contributed by atoms with Crippen molar-refractivity contribution in [3.05, 3.63) is 12.2 Å². The molecule has 3 heteroatoms. The van der Waals surface area contributed by atoms with Crippen LogP contribution in [0.3, 0.4) is 0 Å². The monoisotopic (exact) mass is 144 g/mol. The van der Waals surface area contributed by atoms with E-state index in [4.69, 9.17) is 5.11 Å². The van der Waals surface area contributed by atoms with E-state index in [1.165, 1.54) is 6.92 Å². The van der Waals surface area contributed by atoms with Crippen LogP contribution < -0.4 is 0 Å². The molecule has 58 valence electrons. The van der Waals surface area contributed by atoms with Gasteiger partial charge in [-0.05, 0) is 6.42 Å². The molecule has 3 nitrogen and oxygen atoms in total. The Hall–Kier alpha value is -0.830. The maximum absolute atomic E-state index is 10.2. The summed E-state index contributed by atoms with van der Waals surface area (Å²) in [6.07, 6.45) is 4.05. The van der Waals surface area contributed by atoms with E-state index in [2.05, 4.69) is 4.74 Å². The highest BCUT2D eigenvalue weighted by molar-refractivity contribution is 5.65. The first-order chi connectivity index (χ1) is 4.77. The number of esters is 1. The van der Waals surface area contributed by atoms with Gasteiger partial charge in [0, 0.05) is 6.92 Å². The molecule has 0 heterocycles. The second kappa shape index (κ2) is 6.29. The van der Waals surface area contributed by atoms with Crippen LogP contribution in [0.5, 0.6) is 0 Å². The van der Waals surface area contributed by atoms with Crippen LogP contribution in [0.25, 0.3) is 0 Å². The maximum Gasteiger partial charge on any atom is 0.302 e. The number of aliphatic hydroxyl groups excluding tert-OH is 1. The maximum atomic E-state index is 10.2. The van der Waals surface area contributed by atoms with Gasteiger partial charge in [0.05, 0.1) is 13.2 Å². The van der Waals surface area contributed by atoms with E-state index in [1.54, 1.807) is 12.2 Å². The first kappa shape index (κ1) is 9.17. The van der Waals surface area contributed by atoms with E-state index in [0.29, 0.717) is 13.0 Å². The van der Waals surface area contributed by atoms with Gasteiger partial charge >= 0.3 is 5.97 Å². The van der Waals surface area contributed by atoms with Crippen molar-refractivity contribution >= 4 is 5.97 Å². The largest absolute Gasteiger partial charge is 0.466 e. The number of hydrogen-bond donors (Lipinski definition) is 1. The lowest BCUT2D eigenvalue weighted by atomic mass is 10.4. The van der Waals surface area contributed by atoms with Crippen molar-refractivity contribution in [1.82, 2.24) is 0 Å². The first-order valence-electron chi connectivity index (χ1n) is 3.16. The van der Waals surface area contributed by atoms with Crippen molar-refractivity contribution < 1.29 is 14.6 Å². The van der Waals surface area contributed by atoms with E-state index in [0.717, 1.165) is 0 Å². The Balaban J connectivity index is 3.05. The molecule has 0 bridgehead atoms. The normalized spacial score (nSPS) is 10.2. The summed E-state index contributed by atoms with van der Waals surface area (Å²) < 4.78 is 4.62. The van der Waals surface area contributed by atoms with Crippen molar-refractivity contribution in [2.24, 2.45) is 0 Å². The van der Waals surface area contributed by atoms with Gasteiger partial charge in [-0.1, -0.05) is 12.2 Å². The third kappa shape index (κ3) is 7.17. The molecule has 0 atom stereocenters. The smallest absolute Gasteiger partial charge is 0.302 e. The minimum Gasteiger partial charge on any atom is -0.466 e. The number of aliphatic hydroxyl groups is 1. The van der Waals surface area contributed by atoms with Gasteiger partial charge in [-0.3, -0.25) is 4.79 Å². The zero-order chi connectivity index (χ0) is 7.82. The molecule has 0 fully saturated rings. The molecule has 0 aromatic rings. The van der Waals surface area contributed by atoms with Crippen molar-refractivity contribution in [1.29, 1.82) is 0 Å². The first-order valence-corrected chi connectivity index (χ1v) is 3.16. The van der Waals surface area contributed by atoms with Crippen molar-refractivity contribution in [2.75, 3.05) is 13.2 Å². The molecule has 0 aliphatic heterocycles. The van der Waals surface area contributed by atoms with Crippen LogP contribution >= 0.6 is 0 Å². The predicted molar refractivity (Wildman–Crippen MR) is 37.5 cm³/mol. The van der Waals surface area contributed by atoms with Crippen LogP contribution in [0.2, 0.25) is 0 Å². The molecule has 0 spiro atoms. The molecule has 0 rings (SSSR count). The van der Waals surface area contributed by atoms with Gasteiger partial charge in [-0.2, -0.15) is 0 Å². The molecule has 0 aliphatic carbocycles. The average Bonchev–Trinajstić information content (AvgIpc) is 1.87. The Kier molecular flexibility index (Phi) is 5.77. The van der Waals surface area contributed by atoms with Crippen LogP contribution in [0.4, 0.5) is 0 Å². The van der Waals surface area contributed by atoms with Gasteiger partial charge in [0.1, 0.15) is 0 Å². The minimum absolute atomic E-state index is 0.0417. The van der Waals surface area contributed by atoms with Gasteiger partial charge in [0.2, 0.25) is 0 Å². The van der Waals surface area contributed by atoms with Crippen LogP contribution in [0, 0.1) is 0 Å². The summed E-state index contributed by atoms with van der Waals surface area (Å²) in [6, 6.07) is 0. The Morgan fingerprint density at radius 2 is 2.30 bits per heavy atom. The number of carbonyl (C=O) groups is 1. The molecule has 0 saturated heterocycles. The van der Waals surface area contributed by atoms with Gasteiger partial charge in [-0.25, -0.2) is 0 Å². The zero-order valence-electron chi connectivity index (χ0n) is 6.04. The van der Waals surface area contributed by atoms with Crippen molar-refractivity contribution in [3.8, 4) is 0 Å². The summed E-state index contributed by atoms with van der Waals surface area (Å²) in [5, 5.41) is 8.28. The second-order valence-electron chi connectivity index (χ2n) is 1.78. The zero-order valence-corrected chi connectivity index (χ0v) is 6.04. The van der Waals surface area contributed by atoms with Crippen LogP contribution in [-0.2, 0) is 9.53 Å². The quantitative estimate of drug-likeness (QED) is 0.355. The fourth-order valence-electron chi connectivity index (χ4n) is 0.463. The highest BCUT2D eigenvalue weighted by Gasteiger charge is 1.87. The Labute approximate surface area is 60.3 Å². The fraction of sp³-hybridized carbons (Fsp3) is 0.571. The molecule has 0 radical (unpaired) electrons. The highest BCUT2D eigenvalue weighted by Crippen LogP contribution is 1.84. The number of hydrogen-bond acceptors (Lipinski definition) is 3. The number of ether oxygens (including phenoxy) is 1. The van der Waals surface area contributed by atoms with Crippen molar-refractivity contribution in [3.63, 3.8) is 0 Å². The Morgan fingerprint density at radius 3 is 2.80 bits per heavy atom. The molecule has 0 aromatic carbocycles. The van der Waals surface area contributed by atoms with Gasteiger partial charge in [0.15, 0.2) is 0 Å². The molecule has 0 unspecified atom stereocenters. The molecule has 0 saturated carbocycles. The summed E-state index contributed by atoms with van der Waals surface area (Å²) in [5.74, 6) is -0.266. The Morgan fingerprint density at radius 1 is 1.60 bits per heavy atom. The third-order valence-corrected chi connectivity index (χ3v) is 0.862. The van der Waals surface area contributed by atoms with Gasteiger partial charge < -0.3 is 9.84 Å². The van der Waals surface area contributed by atoms with E-state index < -0.39 is 0 Å². The SMILES string of the molecule is CC(=O)OCC/C=C/CO. The third-order valence-electron chi connectivity index (χ3n) is 0.862. The number of carbonyl (C=O) groups excluding carboxylic acids is 1. The molecule has 0 aliphatic rings. The molecular formula is C7H12O3. The lowest BCUT2D eigenvalue weighted by Crippen LogP contribution is -1.98. The van der Waals surface area contributed by atoms with E-state index in [9.17, 15) is 4.79 Å². The minimum atomic E-state index is -0.266. The average molecular weight is 144 g/mol. The molecule has 1 N–H and O–H groups in total. The summed E-state index contributed by atoms with van der Waals surface area (Å²) in [6.45, 7) is 1.81. The van der Waals surface area contributed by atoms with E-state index in [-0.39, 0.29) is 12.6 Å².